The Labute approximate surface area is 178 Å². The van der Waals surface area contributed by atoms with Crippen LogP contribution in [0.4, 0.5) is 4.79 Å². The maximum Gasteiger partial charge on any atom is 0.341 e. The normalized spacial score (nSPS) is 15.7. The molecule has 4 amide bonds. The van der Waals surface area contributed by atoms with Gasteiger partial charge < -0.3 is 9.30 Å². The first-order valence-corrected chi connectivity index (χ1v) is 10.2. The van der Waals surface area contributed by atoms with Gasteiger partial charge in [-0.05, 0) is 57.9 Å². The summed E-state index contributed by atoms with van der Waals surface area (Å²) >= 11 is 1.48. The van der Waals surface area contributed by atoms with E-state index in [0.717, 1.165) is 31.7 Å². The molecule has 1 aliphatic rings. The Morgan fingerprint density at radius 3 is 2.50 bits per heavy atom. The van der Waals surface area contributed by atoms with E-state index in [9.17, 15) is 19.2 Å². The van der Waals surface area contributed by atoms with Crippen molar-refractivity contribution in [3.05, 3.63) is 44.6 Å². The van der Waals surface area contributed by atoms with E-state index in [2.05, 4.69) is 5.32 Å². The molecule has 0 spiro atoms. The van der Waals surface area contributed by atoms with E-state index < -0.39 is 17.8 Å². The number of hydrogen-bond acceptors (Lipinski definition) is 6. The molecule has 1 N–H and O–H groups in total. The number of aryl methyl sites for hydroxylation is 2. The average molecular weight is 429 g/mol. The average Bonchev–Trinajstić information content (AvgIpc) is 3.12. The number of carbonyl (C=O) groups excluding carboxylic acids is 4. The number of thiophene rings is 1. The van der Waals surface area contributed by atoms with Crippen LogP contribution in [0.3, 0.4) is 0 Å². The van der Waals surface area contributed by atoms with Gasteiger partial charge in [-0.2, -0.15) is 0 Å². The van der Waals surface area contributed by atoms with Gasteiger partial charge in [-0.25, -0.2) is 9.59 Å². The SMILES string of the molecule is CCOC(=O)c1c(-n2c(C)cc(/C=C3/C(=O)NC(=O)N(C)C3=O)c2C)sc(C)c1C. The zero-order valence-corrected chi connectivity index (χ0v) is 18.5. The first kappa shape index (κ1) is 21.5. The van der Waals surface area contributed by atoms with E-state index in [-0.39, 0.29) is 18.1 Å². The summed E-state index contributed by atoms with van der Waals surface area (Å²) in [5.41, 5.74) is 3.49. The summed E-state index contributed by atoms with van der Waals surface area (Å²) in [5.74, 6) is -1.78. The molecule has 0 bridgehead atoms. The smallest absolute Gasteiger partial charge is 0.341 e. The van der Waals surface area contributed by atoms with Crippen molar-refractivity contribution in [3.63, 3.8) is 0 Å². The second kappa shape index (κ2) is 7.91. The van der Waals surface area contributed by atoms with Crippen molar-refractivity contribution in [2.24, 2.45) is 0 Å². The molecule has 3 heterocycles. The Balaban J connectivity index is 2.14. The molecule has 2 aromatic heterocycles. The van der Waals surface area contributed by atoms with Crippen LogP contribution in [0.2, 0.25) is 0 Å². The molecule has 1 saturated heterocycles. The van der Waals surface area contributed by atoms with Gasteiger partial charge in [-0.3, -0.25) is 19.8 Å². The number of amides is 4. The molecule has 0 unspecified atom stereocenters. The lowest BCUT2D eigenvalue weighted by atomic mass is 10.1. The minimum absolute atomic E-state index is 0.124. The maximum absolute atomic E-state index is 12.6. The molecule has 158 valence electrons. The number of rotatable bonds is 4. The van der Waals surface area contributed by atoms with Gasteiger partial charge in [0.1, 0.15) is 10.6 Å². The Hall–Kier alpha value is -3.20. The predicted molar refractivity (Wildman–Crippen MR) is 113 cm³/mol. The molecular formula is C21H23N3O5S. The molecule has 2 aromatic rings. The van der Waals surface area contributed by atoms with Crippen LogP contribution in [0.25, 0.3) is 11.1 Å². The number of esters is 1. The van der Waals surface area contributed by atoms with Crippen LogP contribution >= 0.6 is 11.3 Å². The number of imide groups is 2. The minimum atomic E-state index is -0.753. The second-order valence-corrected chi connectivity index (χ2v) is 8.23. The van der Waals surface area contributed by atoms with E-state index in [1.165, 1.54) is 24.5 Å². The summed E-state index contributed by atoms with van der Waals surface area (Å²) in [5, 5.41) is 2.88. The molecule has 1 aliphatic heterocycles. The van der Waals surface area contributed by atoms with Crippen molar-refractivity contribution in [1.82, 2.24) is 14.8 Å². The monoisotopic (exact) mass is 429 g/mol. The maximum atomic E-state index is 12.6. The standard InChI is InChI=1S/C21H23N3O5S/c1-7-29-20(27)16-11(3)13(5)30-19(16)24-10(2)8-14(12(24)4)9-15-17(25)22-21(28)23(6)18(15)26/h8-9H,7H2,1-6H3,(H,22,25,28)/b15-9-. The highest BCUT2D eigenvalue weighted by atomic mass is 32.1. The molecule has 9 heteroatoms. The van der Waals surface area contributed by atoms with E-state index in [1.54, 1.807) is 6.92 Å². The lowest BCUT2D eigenvalue weighted by molar-refractivity contribution is -0.129. The van der Waals surface area contributed by atoms with E-state index in [0.29, 0.717) is 11.1 Å². The summed E-state index contributed by atoms with van der Waals surface area (Å²) in [4.78, 5) is 50.7. The number of urea groups is 1. The van der Waals surface area contributed by atoms with Crippen LogP contribution in [0.5, 0.6) is 0 Å². The van der Waals surface area contributed by atoms with Crippen LogP contribution in [0.1, 0.15) is 44.7 Å². The summed E-state index contributed by atoms with van der Waals surface area (Å²) in [7, 11) is 1.31. The minimum Gasteiger partial charge on any atom is -0.462 e. The van der Waals surface area contributed by atoms with E-state index in [4.69, 9.17) is 4.74 Å². The van der Waals surface area contributed by atoms with Gasteiger partial charge in [0.2, 0.25) is 0 Å². The number of nitrogens with zero attached hydrogens (tertiary/aromatic N) is 2. The van der Waals surface area contributed by atoms with Gasteiger partial charge in [-0.15, -0.1) is 11.3 Å². The van der Waals surface area contributed by atoms with Crippen LogP contribution in [0, 0.1) is 27.7 Å². The van der Waals surface area contributed by atoms with Crippen molar-refractivity contribution < 1.29 is 23.9 Å². The second-order valence-electron chi connectivity index (χ2n) is 7.03. The number of aromatic nitrogens is 1. The Morgan fingerprint density at radius 2 is 1.87 bits per heavy atom. The van der Waals surface area contributed by atoms with E-state index >= 15 is 0 Å². The van der Waals surface area contributed by atoms with Crippen molar-refractivity contribution in [2.45, 2.75) is 34.6 Å². The number of likely N-dealkylation sites (N-methyl/N-ethyl adjacent to an activating group) is 1. The van der Waals surface area contributed by atoms with Crippen LogP contribution in [-0.4, -0.2) is 46.9 Å². The van der Waals surface area contributed by atoms with Crippen molar-refractivity contribution in [1.29, 1.82) is 0 Å². The van der Waals surface area contributed by atoms with Crippen molar-refractivity contribution in [3.8, 4) is 5.00 Å². The highest BCUT2D eigenvalue weighted by Gasteiger charge is 2.33. The van der Waals surface area contributed by atoms with Gasteiger partial charge in [0.15, 0.2) is 0 Å². The topological polar surface area (TPSA) is 97.7 Å². The van der Waals surface area contributed by atoms with Crippen LogP contribution in [-0.2, 0) is 14.3 Å². The highest BCUT2D eigenvalue weighted by molar-refractivity contribution is 7.15. The molecule has 3 rings (SSSR count). The number of hydrogen-bond donors (Lipinski definition) is 1. The highest BCUT2D eigenvalue weighted by Crippen LogP contribution is 2.35. The Morgan fingerprint density at radius 1 is 1.20 bits per heavy atom. The predicted octanol–water partition coefficient (Wildman–Crippen LogP) is 3.04. The lowest BCUT2D eigenvalue weighted by Gasteiger charge is -2.22. The quantitative estimate of drug-likeness (QED) is 0.458. The molecule has 30 heavy (non-hydrogen) atoms. The van der Waals surface area contributed by atoms with Crippen LogP contribution < -0.4 is 5.32 Å². The zero-order valence-electron chi connectivity index (χ0n) is 17.7. The molecule has 0 saturated carbocycles. The fourth-order valence-corrected chi connectivity index (χ4v) is 4.61. The molecular weight excluding hydrogens is 406 g/mol. The van der Waals surface area contributed by atoms with Gasteiger partial charge in [-0.1, -0.05) is 0 Å². The fraction of sp³-hybridized carbons (Fsp3) is 0.333. The largest absolute Gasteiger partial charge is 0.462 e. The summed E-state index contributed by atoms with van der Waals surface area (Å²) in [6.07, 6.45) is 1.47. The fourth-order valence-electron chi connectivity index (χ4n) is 3.36. The zero-order chi connectivity index (χ0) is 22.3. The number of barbiturate groups is 1. The molecule has 0 radical (unpaired) electrons. The van der Waals surface area contributed by atoms with Gasteiger partial charge in [0.25, 0.3) is 11.8 Å². The van der Waals surface area contributed by atoms with Crippen molar-refractivity contribution in [2.75, 3.05) is 13.7 Å². The number of ether oxygens (including phenoxy) is 1. The Bertz CT molecular complexity index is 1120. The molecule has 0 aliphatic carbocycles. The molecule has 1 fully saturated rings. The lowest BCUT2D eigenvalue weighted by Crippen LogP contribution is -2.52. The summed E-state index contributed by atoms with van der Waals surface area (Å²) < 4.78 is 7.17. The van der Waals surface area contributed by atoms with Crippen molar-refractivity contribution >= 4 is 41.2 Å². The third kappa shape index (κ3) is 3.45. The molecule has 8 nitrogen and oxygen atoms in total. The number of nitrogens with one attached hydrogen (secondary N) is 1. The first-order valence-electron chi connectivity index (χ1n) is 9.39. The third-order valence-corrected chi connectivity index (χ3v) is 6.32. The number of carbonyl (C=O) groups is 4. The molecule has 0 aromatic carbocycles. The first-order chi connectivity index (χ1) is 14.1. The van der Waals surface area contributed by atoms with E-state index in [1.807, 2.05) is 38.3 Å². The molecule has 0 atom stereocenters. The summed E-state index contributed by atoms with van der Waals surface area (Å²) in [6.45, 7) is 9.59. The van der Waals surface area contributed by atoms with Crippen LogP contribution in [0.15, 0.2) is 11.6 Å². The summed E-state index contributed by atoms with van der Waals surface area (Å²) in [6, 6.07) is 1.08. The van der Waals surface area contributed by atoms with Gasteiger partial charge in [0, 0.05) is 23.3 Å². The van der Waals surface area contributed by atoms with Gasteiger partial charge >= 0.3 is 12.0 Å². The third-order valence-electron chi connectivity index (χ3n) is 5.12. The van der Waals surface area contributed by atoms with Gasteiger partial charge in [0.05, 0.1) is 12.2 Å². The Kier molecular flexibility index (Phi) is 5.67.